The molecule has 0 radical (unpaired) electrons. The summed E-state index contributed by atoms with van der Waals surface area (Å²) in [6, 6.07) is 0.899. The van der Waals surface area contributed by atoms with Gasteiger partial charge in [-0.25, -0.2) is 0 Å². The van der Waals surface area contributed by atoms with Crippen molar-refractivity contribution in [2.45, 2.75) is 57.9 Å². The highest BCUT2D eigenvalue weighted by Crippen LogP contribution is 2.21. The summed E-state index contributed by atoms with van der Waals surface area (Å²) in [7, 11) is 2.05. The first-order chi connectivity index (χ1) is 7.38. The second kappa shape index (κ2) is 8.12. The molecule has 90 valence electrons. The van der Waals surface area contributed by atoms with Gasteiger partial charge < -0.3 is 10.2 Å². The number of nitrogens with zero attached hydrogens (tertiary/aromatic N) is 1. The SMILES string of the molecule is CCCCC1CCCCN1CCCNC. The number of nitrogens with one attached hydrogen (secondary N) is 1. The van der Waals surface area contributed by atoms with Crippen LogP contribution in [-0.2, 0) is 0 Å². The summed E-state index contributed by atoms with van der Waals surface area (Å²) in [5.41, 5.74) is 0. The van der Waals surface area contributed by atoms with Crippen LogP contribution in [0.5, 0.6) is 0 Å². The summed E-state index contributed by atoms with van der Waals surface area (Å²) < 4.78 is 0. The summed E-state index contributed by atoms with van der Waals surface area (Å²) in [6.07, 6.45) is 9.81. The average Bonchev–Trinajstić information content (AvgIpc) is 2.28. The monoisotopic (exact) mass is 212 g/mol. The van der Waals surface area contributed by atoms with Crippen molar-refractivity contribution in [3.63, 3.8) is 0 Å². The van der Waals surface area contributed by atoms with Crippen LogP contribution < -0.4 is 5.32 Å². The number of piperidine rings is 1. The van der Waals surface area contributed by atoms with Crippen molar-refractivity contribution in [3.8, 4) is 0 Å². The van der Waals surface area contributed by atoms with Gasteiger partial charge in [-0.1, -0.05) is 26.2 Å². The van der Waals surface area contributed by atoms with Gasteiger partial charge in [-0.15, -0.1) is 0 Å². The predicted octanol–water partition coefficient (Wildman–Crippen LogP) is 2.64. The Labute approximate surface area is 95.4 Å². The fourth-order valence-electron chi connectivity index (χ4n) is 2.58. The minimum Gasteiger partial charge on any atom is -0.320 e. The molecule has 0 aromatic heterocycles. The van der Waals surface area contributed by atoms with Crippen LogP contribution >= 0.6 is 0 Å². The van der Waals surface area contributed by atoms with Gasteiger partial charge in [0.25, 0.3) is 0 Å². The number of rotatable bonds is 7. The molecule has 1 rings (SSSR count). The van der Waals surface area contributed by atoms with E-state index in [4.69, 9.17) is 0 Å². The Balaban J connectivity index is 2.22. The lowest BCUT2D eigenvalue weighted by atomic mass is 9.97. The van der Waals surface area contributed by atoms with Crippen LogP contribution in [0.15, 0.2) is 0 Å². The normalized spacial score (nSPS) is 23.2. The first-order valence-electron chi connectivity index (χ1n) is 6.77. The van der Waals surface area contributed by atoms with E-state index in [1.165, 1.54) is 58.0 Å². The van der Waals surface area contributed by atoms with Gasteiger partial charge in [-0.3, -0.25) is 0 Å². The molecule has 0 amide bonds. The van der Waals surface area contributed by atoms with Crippen molar-refractivity contribution < 1.29 is 0 Å². The van der Waals surface area contributed by atoms with E-state index >= 15 is 0 Å². The second-order valence-corrected chi connectivity index (χ2v) is 4.78. The van der Waals surface area contributed by atoms with Crippen LogP contribution in [0.3, 0.4) is 0 Å². The summed E-state index contributed by atoms with van der Waals surface area (Å²) in [5.74, 6) is 0. The Bertz CT molecular complexity index is 147. The molecule has 1 fully saturated rings. The van der Waals surface area contributed by atoms with Crippen molar-refractivity contribution in [2.24, 2.45) is 0 Å². The molecule has 0 bridgehead atoms. The Hall–Kier alpha value is -0.0800. The highest BCUT2D eigenvalue weighted by Gasteiger charge is 2.20. The van der Waals surface area contributed by atoms with Crippen molar-refractivity contribution in [1.29, 1.82) is 0 Å². The lowest BCUT2D eigenvalue weighted by molar-refractivity contribution is 0.136. The minimum absolute atomic E-state index is 0.899. The molecule has 1 aliphatic heterocycles. The second-order valence-electron chi connectivity index (χ2n) is 4.78. The molecule has 1 saturated heterocycles. The molecule has 1 heterocycles. The van der Waals surface area contributed by atoms with Crippen molar-refractivity contribution >= 4 is 0 Å². The van der Waals surface area contributed by atoms with Gasteiger partial charge in [0.05, 0.1) is 0 Å². The molecule has 1 aliphatic rings. The fourth-order valence-corrected chi connectivity index (χ4v) is 2.58. The van der Waals surface area contributed by atoms with Crippen molar-refractivity contribution in [2.75, 3.05) is 26.7 Å². The Kier molecular flexibility index (Phi) is 7.03. The zero-order chi connectivity index (χ0) is 10.9. The maximum absolute atomic E-state index is 3.24. The van der Waals surface area contributed by atoms with Gasteiger partial charge in [0.15, 0.2) is 0 Å². The van der Waals surface area contributed by atoms with Crippen LogP contribution in [0.25, 0.3) is 0 Å². The third-order valence-corrected chi connectivity index (χ3v) is 3.51. The van der Waals surface area contributed by atoms with E-state index in [1.54, 1.807) is 0 Å². The average molecular weight is 212 g/mol. The summed E-state index contributed by atoms with van der Waals surface area (Å²) in [4.78, 5) is 2.73. The van der Waals surface area contributed by atoms with Gasteiger partial charge in [-0.2, -0.15) is 0 Å². The lowest BCUT2D eigenvalue weighted by Gasteiger charge is -2.35. The molecule has 1 N–H and O–H groups in total. The summed E-state index contributed by atoms with van der Waals surface area (Å²) in [5, 5.41) is 3.24. The van der Waals surface area contributed by atoms with E-state index in [2.05, 4.69) is 17.1 Å². The maximum atomic E-state index is 3.24. The molecule has 0 aromatic carbocycles. The van der Waals surface area contributed by atoms with E-state index in [1.807, 2.05) is 7.05 Å². The molecule has 2 heteroatoms. The zero-order valence-electron chi connectivity index (χ0n) is 10.6. The highest BCUT2D eigenvalue weighted by molar-refractivity contribution is 4.76. The molecule has 0 spiro atoms. The number of unbranched alkanes of at least 4 members (excludes halogenated alkanes) is 1. The van der Waals surface area contributed by atoms with Crippen LogP contribution in [0.1, 0.15) is 51.9 Å². The summed E-state index contributed by atoms with van der Waals surface area (Å²) in [6.45, 7) is 6.11. The Morgan fingerprint density at radius 1 is 1.27 bits per heavy atom. The number of hydrogen-bond donors (Lipinski definition) is 1. The molecular formula is C13H28N2. The Morgan fingerprint density at radius 3 is 2.87 bits per heavy atom. The predicted molar refractivity (Wildman–Crippen MR) is 67.3 cm³/mol. The van der Waals surface area contributed by atoms with E-state index in [-0.39, 0.29) is 0 Å². The smallest absolute Gasteiger partial charge is 0.00952 e. The van der Waals surface area contributed by atoms with E-state index in [9.17, 15) is 0 Å². The van der Waals surface area contributed by atoms with Crippen LogP contribution in [0, 0.1) is 0 Å². The van der Waals surface area contributed by atoms with Gasteiger partial charge in [-0.05, 0) is 52.4 Å². The number of hydrogen-bond acceptors (Lipinski definition) is 2. The molecule has 2 nitrogen and oxygen atoms in total. The van der Waals surface area contributed by atoms with Gasteiger partial charge >= 0.3 is 0 Å². The van der Waals surface area contributed by atoms with Gasteiger partial charge in [0.2, 0.25) is 0 Å². The van der Waals surface area contributed by atoms with E-state index in [0.29, 0.717) is 0 Å². The highest BCUT2D eigenvalue weighted by atomic mass is 15.2. The van der Waals surface area contributed by atoms with Crippen molar-refractivity contribution in [1.82, 2.24) is 10.2 Å². The van der Waals surface area contributed by atoms with Crippen LogP contribution in [0.2, 0.25) is 0 Å². The maximum Gasteiger partial charge on any atom is 0.00952 e. The topological polar surface area (TPSA) is 15.3 Å². The molecule has 1 atom stereocenters. The van der Waals surface area contributed by atoms with Crippen LogP contribution in [-0.4, -0.2) is 37.6 Å². The largest absolute Gasteiger partial charge is 0.320 e. The minimum atomic E-state index is 0.899. The molecule has 0 aromatic rings. The van der Waals surface area contributed by atoms with Gasteiger partial charge in [0, 0.05) is 6.04 Å². The quantitative estimate of drug-likeness (QED) is 0.653. The molecule has 1 unspecified atom stereocenters. The fraction of sp³-hybridized carbons (Fsp3) is 1.00. The molecule has 0 aliphatic carbocycles. The Morgan fingerprint density at radius 2 is 2.13 bits per heavy atom. The first-order valence-corrected chi connectivity index (χ1v) is 6.77. The third-order valence-electron chi connectivity index (χ3n) is 3.51. The first kappa shape index (κ1) is 13.0. The third kappa shape index (κ3) is 4.98. The van der Waals surface area contributed by atoms with Crippen molar-refractivity contribution in [3.05, 3.63) is 0 Å². The lowest BCUT2D eigenvalue weighted by Crippen LogP contribution is -2.40. The number of likely N-dealkylation sites (tertiary alicyclic amines) is 1. The molecule has 0 saturated carbocycles. The van der Waals surface area contributed by atoms with E-state index in [0.717, 1.165) is 12.6 Å². The summed E-state index contributed by atoms with van der Waals surface area (Å²) >= 11 is 0. The van der Waals surface area contributed by atoms with E-state index < -0.39 is 0 Å². The molecular weight excluding hydrogens is 184 g/mol. The zero-order valence-corrected chi connectivity index (χ0v) is 10.6. The standard InChI is InChI=1S/C13H28N2/c1-3-4-8-13-9-5-6-11-15(13)12-7-10-14-2/h13-14H,3-12H2,1-2H3. The van der Waals surface area contributed by atoms with Crippen LogP contribution in [0.4, 0.5) is 0 Å². The van der Waals surface area contributed by atoms with Gasteiger partial charge in [0.1, 0.15) is 0 Å². The molecule has 15 heavy (non-hydrogen) atoms.